The fraction of sp³-hybridized carbons (Fsp3) is 0.381. The fourth-order valence-electron chi connectivity index (χ4n) is 3.35. The average molecular weight is 403 g/mol. The zero-order chi connectivity index (χ0) is 20.1. The molecule has 0 saturated carbocycles. The molecule has 1 heterocycles. The van der Waals surface area contributed by atoms with Crippen molar-refractivity contribution >= 4 is 15.9 Å². The topological polar surface area (TPSA) is 75.7 Å². The number of sulfonamides is 1. The van der Waals surface area contributed by atoms with Gasteiger partial charge in [-0.3, -0.25) is 4.79 Å². The molecule has 1 aliphatic rings. The minimum absolute atomic E-state index is 0.133. The lowest BCUT2D eigenvalue weighted by molar-refractivity contribution is 0.0935. The Hall–Kier alpha value is -2.38. The molecule has 1 saturated heterocycles. The van der Waals surface area contributed by atoms with Crippen LogP contribution < -0.4 is 10.1 Å². The highest BCUT2D eigenvalue weighted by atomic mass is 32.2. The number of nitrogens with one attached hydrogen (secondary N) is 1. The van der Waals surface area contributed by atoms with Gasteiger partial charge in [0.2, 0.25) is 10.0 Å². The Morgan fingerprint density at radius 2 is 1.68 bits per heavy atom. The van der Waals surface area contributed by atoms with Crippen molar-refractivity contribution in [2.75, 3.05) is 20.2 Å². The van der Waals surface area contributed by atoms with Crippen LogP contribution in [0, 0.1) is 0 Å². The van der Waals surface area contributed by atoms with Crippen LogP contribution in [0.2, 0.25) is 0 Å². The van der Waals surface area contributed by atoms with Gasteiger partial charge >= 0.3 is 0 Å². The van der Waals surface area contributed by atoms with Crippen LogP contribution >= 0.6 is 0 Å². The summed E-state index contributed by atoms with van der Waals surface area (Å²) in [4.78, 5) is 12.9. The van der Waals surface area contributed by atoms with Gasteiger partial charge in [0.05, 0.1) is 18.0 Å². The SMILES string of the molecule is CCC(NC(=O)c1ccc(S(=O)(=O)N2CCCC2)cc1)c1ccc(OC)cc1. The van der Waals surface area contributed by atoms with Gasteiger partial charge in [-0.1, -0.05) is 19.1 Å². The van der Waals surface area contributed by atoms with Crippen molar-refractivity contribution in [3.63, 3.8) is 0 Å². The van der Waals surface area contributed by atoms with Crippen molar-refractivity contribution < 1.29 is 17.9 Å². The summed E-state index contributed by atoms with van der Waals surface area (Å²) < 4.78 is 31.9. The second-order valence-corrected chi connectivity index (χ2v) is 8.78. The predicted octanol–water partition coefficient (Wildman–Crippen LogP) is 3.36. The van der Waals surface area contributed by atoms with Crippen LogP contribution in [0.3, 0.4) is 0 Å². The van der Waals surface area contributed by atoms with E-state index in [4.69, 9.17) is 4.74 Å². The van der Waals surface area contributed by atoms with Gasteiger partial charge in [0.1, 0.15) is 5.75 Å². The van der Waals surface area contributed by atoms with Crippen LogP contribution in [-0.4, -0.2) is 38.8 Å². The lowest BCUT2D eigenvalue weighted by Crippen LogP contribution is -2.29. The third-order valence-corrected chi connectivity index (χ3v) is 6.96. The van der Waals surface area contributed by atoms with Crippen molar-refractivity contribution in [3.05, 3.63) is 59.7 Å². The number of benzene rings is 2. The summed E-state index contributed by atoms with van der Waals surface area (Å²) in [5.74, 6) is 0.535. The van der Waals surface area contributed by atoms with Gasteiger partial charge in [0.25, 0.3) is 5.91 Å². The Balaban J connectivity index is 1.71. The third kappa shape index (κ3) is 4.36. The zero-order valence-corrected chi connectivity index (χ0v) is 17.0. The monoisotopic (exact) mass is 402 g/mol. The summed E-state index contributed by atoms with van der Waals surface area (Å²) in [5, 5.41) is 3.01. The summed E-state index contributed by atoms with van der Waals surface area (Å²) in [6, 6.07) is 13.6. The van der Waals surface area contributed by atoms with E-state index in [0.717, 1.165) is 30.6 Å². The van der Waals surface area contributed by atoms with E-state index < -0.39 is 10.0 Å². The standard InChI is InChI=1S/C21H26N2O4S/c1-3-20(16-6-10-18(27-2)11-7-16)22-21(24)17-8-12-19(13-9-17)28(25,26)23-14-4-5-15-23/h6-13,20H,3-5,14-15H2,1-2H3,(H,22,24). The molecule has 1 N–H and O–H groups in total. The number of rotatable bonds is 7. The molecule has 0 bridgehead atoms. The largest absolute Gasteiger partial charge is 0.497 e. The Bertz CT molecular complexity index is 902. The van der Waals surface area contributed by atoms with E-state index in [1.165, 1.54) is 16.4 Å². The number of nitrogens with zero attached hydrogens (tertiary/aromatic N) is 1. The summed E-state index contributed by atoms with van der Waals surface area (Å²) in [5.41, 5.74) is 1.43. The Labute approximate surface area is 166 Å². The van der Waals surface area contributed by atoms with E-state index in [9.17, 15) is 13.2 Å². The number of ether oxygens (including phenoxy) is 1. The molecule has 1 atom stereocenters. The maximum absolute atomic E-state index is 12.6. The maximum Gasteiger partial charge on any atom is 0.251 e. The second-order valence-electron chi connectivity index (χ2n) is 6.84. The summed E-state index contributed by atoms with van der Waals surface area (Å²) in [6.45, 7) is 3.12. The van der Waals surface area contributed by atoms with Gasteiger partial charge < -0.3 is 10.1 Å². The number of carbonyl (C=O) groups is 1. The Morgan fingerprint density at radius 1 is 1.07 bits per heavy atom. The number of hydrogen-bond acceptors (Lipinski definition) is 4. The summed E-state index contributed by atoms with van der Waals surface area (Å²) in [6.07, 6.45) is 2.52. The quantitative estimate of drug-likeness (QED) is 0.771. The van der Waals surface area contributed by atoms with Gasteiger partial charge in [-0.2, -0.15) is 4.31 Å². The first-order valence-corrected chi connectivity index (χ1v) is 10.9. The van der Waals surface area contributed by atoms with Gasteiger partial charge in [0, 0.05) is 18.7 Å². The molecule has 1 unspecified atom stereocenters. The number of hydrogen-bond donors (Lipinski definition) is 1. The maximum atomic E-state index is 12.6. The van der Waals surface area contributed by atoms with Crippen LogP contribution in [0.5, 0.6) is 5.75 Å². The Morgan fingerprint density at radius 3 is 2.21 bits per heavy atom. The first-order valence-electron chi connectivity index (χ1n) is 9.50. The van der Waals surface area contributed by atoms with Crippen molar-refractivity contribution in [2.24, 2.45) is 0 Å². The molecule has 150 valence electrons. The minimum atomic E-state index is -3.47. The van der Waals surface area contributed by atoms with E-state index in [1.54, 1.807) is 19.2 Å². The molecular formula is C21H26N2O4S. The minimum Gasteiger partial charge on any atom is -0.497 e. The van der Waals surface area contributed by atoms with E-state index >= 15 is 0 Å². The predicted molar refractivity (Wildman–Crippen MR) is 108 cm³/mol. The summed E-state index contributed by atoms with van der Waals surface area (Å²) >= 11 is 0. The van der Waals surface area contributed by atoms with Crippen molar-refractivity contribution in [1.82, 2.24) is 9.62 Å². The molecule has 7 heteroatoms. The highest BCUT2D eigenvalue weighted by Gasteiger charge is 2.27. The second kappa shape index (κ2) is 8.75. The normalized spacial score (nSPS) is 15.9. The van der Waals surface area contributed by atoms with Gasteiger partial charge in [-0.05, 0) is 61.2 Å². The molecule has 2 aromatic rings. The molecule has 3 rings (SSSR count). The summed E-state index contributed by atoms with van der Waals surface area (Å²) in [7, 11) is -1.86. The first kappa shape index (κ1) is 20.4. The average Bonchev–Trinajstić information content (AvgIpc) is 3.28. The van der Waals surface area contributed by atoms with Gasteiger partial charge in [0.15, 0.2) is 0 Å². The molecule has 0 aromatic heterocycles. The molecule has 1 aliphatic heterocycles. The molecule has 2 aromatic carbocycles. The zero-order valence-electron chi connectivity index (χ0n) is 16.2. The van der Waals surface area contributed by atoms with E-state index in [-0.39, 0.29) is 16.8 Å². The van der Waals surface area contributed by atoms with Gasteiger partial charge in [-0.15, -0.1) is 0 Å². The third-order valence-electron chi connectivity index (χ3n) is 5.05. The number of amides is 1. The van der Waals surface area contributed by atoms with Crippen molar-refractivity contribution in [1.29, 1.82) is 0 Å². The lowest BCUT2D eigenvalue weighted by atomic mass is 10.0. The smallest absolute Gasteiger partial charge is 0.251 e. The van der Waals surface area contributed by atoms with Crippen LogP contribution in [-0.2, 0) is 10.0 Å². The molecule has 0 aliphatic carbocycles. The van der Waals surface area contributed by atoms with E-state index in [0.29, 0.717) is 18.7 Å². The Kier molecular flexibility index (Phi) is 6.36. The molecule has 0 radical (unpaired) electrons. The molecular weight excluding hydrogens is 376 g/mol. The van der Waals surface area contributed by atoms with E-state index in [2.05, 4.69) is 5.32 Å². The van der Waals surface area contributed by atoms with Gasteiger partial charge in [-0.25, -0.2) is 8.42 Å². The van der Waals surface area contributed by atoms with Crippen LogP contribution in [0.25, 0.3) is 0 Å². The van der Waals surface area contributed by atoms with Crippen molar-refractivity contribution in [2.45, 2.75) is 37.1 Å². The van der Waals surface area contributed by atoms with Crippen molar-refractivity contribution in [3.8, 4) is 5.75 Å². The van der Waals surface area contributed by atoms with Crippen LogP contribution in [0.4, 0.5) is 0 Å². The molecule has 28 heavy (non-hydrogen) atoms. The highest BCUT2D eigenvalue weighted by Crippen LogP contribution is 2.23. The van der Waals surface area contributed by atoms with Crippen LogP contribution in [0.1, 0.15) is 48.1 Å². The molecule has 0 spiro atoms. The van der Waals surface area contributed by atoms with Crippen LogP contribution in [0.15, 0.2) is 53.4 Å². The number of methoxy groups -OCH3 is 1. The highest BCUT2D eigenvalue weighted by molar-refractivity contribution is 7.89. The van der Waals surface area contributed by atoms with E-state index in [1.807, 2.05) is 31.2 Å². The molecule has 6 nitrogen and oxygen atoms in total. The fourth-order valence-corrected chi connectivity index (χ4v) is 4.87. The number of carbonyl (C=O) groups excluding carboxylic acids is 1. The molecule has 1 fully saturated rings. The first-order chi connectivity index (χ1) is 13.5. The molecule has 1 amide bonds. The lowest BCUT2D eigenvalue weighted by Gasteiger charge is -2.18.